The quantitative estimate of drug-likeness (QED) is 0.662. The van der Waals surface area contributed by atoms with Crippen LogP contribution in [0.1, 0.15) is 40.5 Å². The number of aryl methyl sites for hydroxylation is 1. The summed E-state index contributed by atoms with van der Waals surface area (Å²) < 4.78 is 2.02. The zero-order valence-electron chi connectivity index (χ0n) is 16.2. The molecule has 1 fully saturated rings. The van der Waals surface area contributed by atoms with E-state index >= 15 is 0 Å². The number of hydrogen-bond acceptors (Lipinski definition) is 7. The van der Waals surface area contributed by atoms with Gasteiger partial charge in [0.15, 0.2) is 17.0 Å². The molecule has 144 valence electrons. The Balaban J connectivity index is 1.91. The minimum atomic E-state index is -0.472. The number of aliphatic hydroxyl groups excluding tert-OH is 1. The number of nitrogens with zero attached hydrogens (tertiary/aromatic N) is 5. The van der Waals surface area contributed by atoms with Crippen molar-refractivity contribution in [3.05, 3.63) is 6.33 Å². The van der Waals surface area contributed by atoms with Crippen molar-refractivity contribution < 1.29 is 5.11 Å². The van der Waals surface area contributed by atoms with Crippen LogP contribution in [0, 0.1) is 0 Å². The summed E-state index contributed by atoms with van der Waals surface area (Å²) in [7, 11) is 0. The molecule has 1 saturated heterocycles. The highest BCUT2D eigenvalue weighted by molar-refractivity contribution is 5.84. The Morgan fingerprint density at radius 3 is 2.69 bits per heavy atom. The summed E-state index contributed by atoms with van der Waals surface area (Å²) in [5.41, 5.74) is 1.62. The normalized spacial score (nSPS) is 20.4. The number of rotatable bonds is 8. The molecule has 3 atom stereocenters. The Hall–Kier alpha value is -1.93. The van der Waals surface area contributed by atoms with E-state index in [4.69, 9.17) is 4.98 Å². The molecule has 8 heteroatoms. The summed E-state index contributed by atoms with van der Waals surface area (Å²) in [6.45, 7) is 12.1. The van der Waals surface area contributed by atoms with E-state index in [1.807, 2.05) is 17.8 Å². The summed E-state index contributed by atoms with van der Waals surface area (Å²) in [6.07, 6.45) is 3.23. The van der Waals surface area contributed by atoms with Gasteiger partial charge in [0, 0.05) is 25.7 Å². The van der Waals surface area contributed by atoms with Crippen LogP contribution in [0.5, 0.6) is 0 Å². The number of anilines is 2. The van der Waals surface area contributed by atoms with Gasteiger partial charge in [-0.15, -0.1) is 0 Å². The summed E-state index contributed by atoms with van der Waals surface area (Å²) in [4.78, 5) is 16.3. The van der Waals surface area contributed by atoms with Crippen LogP contribution in [0.3, 0.4) is 0 Å². The van der Waals surface area contributed by atoms with Gasteiger partial charge in [-0.1, -0.05) is 13.8 Å². The molecule has 1 aliphatic rings. The van der Waals surface area contributed by atoms with E-state index in [2.05, 4.69) is 39.3 Å². The van der Waals surface area contributed by atoms with E-state index in [0.29, 0.717) is 12.0 Å². The third-order valence-corrected chi connectivity index (χ3v) is 5.20. The molecule has 3 rings (SSSR count). The van der Waals surface area contributed by atoms with Crippen LogP contribution < -0.4 is 10.6 Å². The maximum absolute atomic E-state index is 9.95. The van der Waals surface area contributed by atoms with Crippen LogP contribution in [0.25, 0.3) is 11.2 Å². The van der Waals surface area contributed by atoms with Gasteiger partial charge in [0.25, 0.3) is 0 Å². The number of likely N-dealkylation sites (N-methyl/N-ethyl adjacent to an activating group) is 1. The van der Waals surface area contributed by atoms with E-state index in [-0.39, 0.29) is 6.04 Å². The monoisotopic (exact) mass is 361 g/mol. The Morgan fingerprint density at radius 1 is 1.27 bits per heavy atom. The lowest BCUT2D eigenvalue weighted by atomic mass is 10.1. The highest BCUT2D eigenvalue weighted by Crippen LogP contribution is 2.24. The van der Waals surface area contributed by atoms with Crippen molar-refractivity contribution in [3.8, 4) is 0 Å². The van der Waals surface area contributed by atoms with E-state index in [9.17, 15) is 5.11 Å². The van der Waals surface area contributed by atoms with E-state index < -0.39 is 6.10 Å². The second-order valence-corrected chi connectivity index (χ2v) is 7.02. The SMILES string of the molecule is CC[C@H](Nc1nc(N[C@H]2CCN(CC)C2)c2ncn(CC)c2n1)[C@@H](C)O. The first kappa shape index (κ1) is 18.8. The molecule has 8 nitrogen and oxygen atoms in total. The fourth-order valence-electron chi connectivity index (χ4n) is 3.50. The molecule has 0 amide bonds. The van der Waals surface area contributed by atoms with Gasteiger partial charge in [0.05, 0.1) is 18.5 Å². The highest BCUT2D eigenvalue weighted by Gasteiger charge is 2.24. The second kappa shape index (κ2) is 8.18. The van der Waals surface area contributed by atoms with Crippen molar-refractivity contribution >= 4 is 22.9 Å². The fourth-order valence-corrected chi connectivity index (χ4v) is 3.50. The minimum absolute atomic E-state index is 0.0830. The van der Waals surface area contributed by atoms with Crippen LogP contribution in [-0.4, -0.2) is 67.3 Å². The average Bonchev–Trinajstić information content (AvgIpc) is 3.25. The van der Waals surface area contributed by atoms with Crippen LogP contribution in [0.15, 0.2) is 6.33 Å². The number of aliphatic hydroxyl groups is 1. The molecular weight excluding hydrogens is 330 g/mol. The maximum Gasteiger partial charge on any atom is 0.227 e. The Labute approximate surface area is 155 Å². The van der Waals surface area contributed by atoms with Crippen LogP contribution in [0.4, 0.5) is 11.8 Å². The largest absolute Gasteiger partial charge is 0.391 e. The lowest BCUT2D eigenvalue weighted by molar-refractivity contribution is 0.169. The smallest absolute Gasteiger partial charge is 0.227 e. The first-order valence-corrected chi connectivity index (χ1v) is 9.72. The van der Waals surface area contributed by atoms with Crippen LogP contribution >= 0.6 is 0 Å². The van der Waals surface area contributed by atoms with Gasteiger partial charge in [-0.2, -0.15) is 9.97 Å². The van der Waals surface area contributed by atoms with Gasteiger partial charge >= 0.3 is 0 Å². The molecule has 2 aromatic rings. The molecule has 3 N–H and O–H groups in total. The zero-order chi connectivity index (χ0) is 18.7. The number of imidazole rings is 1. The topological polar surface area (TPSA) is 91.1 Å². The molecule has 0 unspecified atom stereocenters. The molecule has 0 saturated carbocycles. The third-order valence-electron chi connectivity index (χ3n) is 5.20. The van der Waals surface area contributed by atoms with Gasteiger partial charge in [-0.05, 0) is 33.2 Å². The van der Waals surface area contributed by atoms with Crippen molar-refractivity contribution in [2.24, 2.45) is 0 Å². The van der Waals surface area contributed by atoms with Gasteiger partial charge in [0.1, 0.15) is 0 Å². The van der Waals surface area contributed by atoms with Crippen LogP contribution in [0.2, 0.25) is 0 Å². The molecular formula is C18H31N7O. The minimum Gasteiger partial charge on any atom is -0.391 e. The second-order valence-electron chi connectivity index (χ2n) is 7.02. The number of aromatic nitrogens is 4. The predicted octanol–water partition coefficient (Wildman–Crippen LogP) is 1.92. The summed E-state index contributed by atoms with van der Waals surface area (Å²) in [6, 6.07) is 0.284. The highest BCUT2D eigenvalue weighted by atomic mass is 16.3. The van der Waals surface area contributed by atoms with E-state index in [1.54, 1.807) is 6.92 Å². The summed E-state index contributed by atoms with van der Waals surface area (Å²) >= 11 is 0. The molecule has 0 aromatic carbocycles. The summed E-state index contributed by atoms with van der Waals surface area (Å²) in [5.74, 6) is 1.31. The first-order chi connectivity index (χ1) is 12.5. The molecule has 1 aliphatic heterocycles. The lowest BCUT2D eigenvalue weighted by Crippen LogP contribution is -2.31. The van der Waals surface area contributed by atoms with Crippen LogP contribution in [-0.2, 0) is 6.54 Å². The zero-order valence-corrected chi connectivity index (χ0v) is 16.2. The van der Waals surface area contributed by atoms with E-state index in [0.717, 1.165) is 56.0 Å². The van der Waals surface area contributed by atoms with E-state index in [1.165, 1.54) is 0 Å². The van der Waals surface area contributed by atoms with Gasteiger partial charge < -0.3 is 25.2 Å². The Morgan fingerprint density at radius 2 is 2.08 bits per heavy atom. The van der Waals surface area contributed by atoms with Crippen molar-refractivity contribution in [1.82, 2.24) is 24.4 Å². The Bertz CT molecular complexity index is 730. The van der Waals surface area contributed by atoms with Gasteiger partial charge in [-0.25, -0.2) is 4.98 Å². The van der Waals surface area contributed by atoms with Gasteiger partial charge in [0.2, 0.25) is 5.95 Å². The average molecular weight is 361 g/mol. The number of hydrogen-bond donors (Lipinski definition) is 3. The standard InChI is InChI=1S/C18H31N7O/c1-5-14(12(4)26)21-18-22-16(20-13-8-9-24(6-2)10-13)15-17(23-18)25(7-3)11-19-15/h11-14,26H,5-10H2,1-4H3,(H2,20,21,22,23)/t12-,13+,14+/m1/s1. The fraction of sp³-hybridized carbons (Fsp3) is 0.722. The molecule has 2 aromatic heterocycles. The molecule has 0 aliphatic carbocycles. The number of likely N-dealkylation sites (tertiary alicyclic amines) is 1. The number of nitrogens with one attached hydrogen (secondary N) is 2. The molecule has 0 spiro atoms. The lowest BCUT2D eigenvalue weighted by Gasteiger charge is -2.21. The summed E-state index contributed by atoms with van der Waals surface area (Å²) in [5, 5.41) is 16.8. The van der Waals surface area contributed by atoms with Crippen molar-refractivity contribution in [2.75, 3.05) is 30.3 Å². The molecule has 0 bridgehead atoms. The van der Waals surface area contributed by atoms with Crippen molar-refractivity contribution in [2.45, 2.75) is 65.3 Å². The van der Waals surface area contributed by atoms with Gasteiger partial charge in [-0.3, -0.25) is 0 Å². The van der Waals surface area contributed by atoms with Crippen molar-refractivity contribution in [3.63, 3.8) is 0 Å². The molecule has 0 radical (unpaired) electrons. The Kier molecular flexibility index (Phi) is 5.93. The third kappa shape index (κ3) is 3.91. The first-order valence-electron chi connectivity index (χ1n) is 9.72. The van der Waals surface area contributed by atoms with Crippen molar-refractivity contribution in [1.29, 1.82) is 0 Å². The molecule has 3 heterocycles. The maximum atomic E-state index is 9.95. The molecule has 26 heavy (non-hydrogen) atoms. The number of fused-ring (bicyclic) bond motifs is 1. The predicted molar refractivity (Wildman–Crippen MR) is 105 cm³/mol.